The molecule has 0 saturated carbocycles. The van der Waals surface area contributed by atoms with E-state index in [0.717, 1.165) is 12.0 Å². The van der Waals surface area contributed by atoms with Crippen molar-refractivity contribution in [2.24, 2.45) is 5.92 Å². The predicted octanol–water partition coefficient (Wildman–Crippen LogP) is 3.51. The van der Waals surface area contributed by atoms with E-state index in [1.165, 1.54) is 0 Å². The zero-order chi connectivity index (χ0) is 18.8. The van der Waals surface area contributed by atoms with Gasteiger partial charge in [-0.25, -0.2) is 4.79 Å². The van der Waals surface area contributed by atoms with E-state index in [1.54, 1.807) is 12.1 Å². The molecule has 1 atom stereocenters. The molecule has 0 aromatic heterocycles. The first kappa shape index (κ1) is 19.5. The lowest BCUT2D eigenvalue weighted by Crippen LogP contribution is -2.33. The lowest BCUT2D eigenvalue weighted by atomic mass is 9.97. The second kappa shape index (κ2) is 10.2. The molecule has 2 aromatic carbocycles. The number of benzene rings is 2. The summed E-state index contributed by atoms with van der Waals surface area (Å²) in [6.07, 6.45) is 0.806. The highest BCUT2D eigenvalue weighted by Crippen LogP contribution is 2.20. The molecule has 5 heteroatoms. The van der Waals surface area contributed by atoms with Crippen molar-refractivity contribution in [3.05, 3.63) is 66.2 Å². The van der Waals surface area contributed by atoms with Gasteiger partial charge < -0.3 is 14.8 Å². The van der Waals surface area contributed by atoms with Gasteiger partial charge in [0.25, 0.3) is 5.91 Å². The molecule has 2 aromatic rings. The van der Waals surface area contributed by atoms with Gasteiger partial charge in [0, 0.05) is 0 Å². The molecule has 0 unspecified atom stereocenters. The summed E-state index contributed by atoms with van der Waals surface area (Å²) in [7, 11) is 0. The number of nitrogens with one attached hydrogen (secondary N) is 1. The highest BCUT2D eigenvalue weighted by Gasteiger charge is 2.17. The van der Waals surface area contributed by atoms with Crippen LogP contribution in [0.15, 0.2) is 60.7 Å². The van der Waals surface area contributed by atoms with Crippen molar-refractivity contribution in [3.63, 3.8) is 0 Å². The third kappa shape index (κ3) is 6.97. The Morgan fingerprint density at radius 3 is 2.15 bits per heavy atom. The summed E-state index contributed by atoms with van der Waals surface area (Å²) in [5, 5.41) is 2.94. The number of para-hydroxylation sites is 1. The minimum absolute atomic E-state index is 0.108. The van der Waals surface area contributed by atoms with E-state index < -0.39 is 5.97 Å². The van der Waals surface area contributed by atoms with Gasteiger partial charge in [-0.15, -0.1) is 0 Å². The van der Waals surface area contributed by atoms with E-state index in [2.05, 4.69) is 19.2 Å². The van der Waals surface area contributed by atoms with Crippen molar-refractivity contribution >= 4 is 11.9 Å². The number of hydrogen-bond acceptors (Lipinski definition) is 4. The molecule has 1 N–H and O–H groups in total. The van der Waals surface area contributed by atoms with Crippen LogP contribution in [0.1, 0.15) is 31.9 Å². The first-order valence-corrected chi connectivity index (χ1v) is 8.72. The second-order valence-electron chi connectivity index (χ2n) is 6.42. The van der Waals surface area contributed by atoms with Crippen LogP contribution in [0.4, 0.5) is 0 Å². The molecule has 1 amide bonds. The van der Waals surface area contributed by atoms with Gasteiger partial charge in [0.2, 0.25) is 0 Å². The molecular weight excluding hydrogens is 330 g/mol. The Labute approximate surface area is 154 Å². The van der Waals surface area contributed by atoms with Gasteiger partial charge in [0.1, 0.15) is 5.75 Å². The topological polar surface area (TPSA) is 64.6 Å². The van der Waals surface area contributed by atoms with Crippen LogP contribution >= 0.6 is 0 Å². The summed E-state index contributed by atoms with van der Waals surface area (Å²) >= 11 is 0. The van der Waals surface area contributed by atoms with Crippen LogP contribution in [-0.4, -0.2) is 25.1 Å². The SMILES string of the molecule is CC(C)C[C@H](NC(=O)COC(=O)COc1ccccc1)c1ccccc1. The van der Waals surface area contributed by atoms with Crippen LogP contribution in [0.2, 0.25) is 0 Å². The molecule has 26 heavy (non-hydrogen) atoms. The van der Waals surface area contributed by atoms with Crippen molar-refractivity contribution in [3.8, 4) is 5.75 Å². The highest BCUT2D eigenvalue weighted by molar-refractivity contribution is 5.81. The van der Waals surface area contributed by atoms with Gasteiger partial charge in [-0.3, -0.25) is 4.79 Å². The van der Waals surface area contributed by atoms with Crippen LogP contribution in [0.25, 0.3) is 0 Å². The third-order valence-electron chi connectivity index (χ3n) is 3.71. The van der Waals surface area contributed by atoms with E-state index in [4.69, 9.17) is 9.47 Å². The van der Waals surface area contributed by atoms with Crippen molar-refractivity contribution in [1.29, 1.82) is 0 Å². The molecule has 0 saturated heterocycles. The lowest BCUT2D eigenvalue weighted by molar-refractivity contribution is -0.150. The summed E-state index contributed by atoms with van der Waals surface area (Å²) in [6.45, 7) is 3.65. The maximum absolute atomic E-state index is 12.2. The van der Waals surface area contributed by atoms with Crippen molar-refractivity contribution in [2.75, 3.05) is 13.2 Å². The highest BCUT2D eigenvalue weighted by atomic mass is 16.6. The standard InChI is InChI=1S/C21H25NO4/c1-16(2)13-19(17-9-5-3-6-10-17)22-20(23)14-26-21(24)15-25-18-11-7-4-8-12-18/h3-12,16,19H,13-15H2,1-2H3,(H,22,23)/t19-/m0/s1. The van der Waals surface area contributed by atoms with Crippen molar-refractivity contribution in [1.82, 2.24) is 5.32 Å². The van der Waals surface area contributed by atoms with E-state index in [0.29, 0.717) is 11.7 Å². The third-order valence-corrected chi connectivity index (χ3v) is 3.71. The molecule has 0 aliphatic heterocycles. The first-order chi connectivity index (χ1) is 12.5. The van der Waals surface area contributed by atoms with Gasteiger partial charge in [0.15, 0.2) is 13.2 Å². The zero-order valence-electron chi connectivity index (χ0n) is 15.2. The van der Waals surface area contributed by atoms with Gasteiger partial charge in [-0.05, 0) is 30.0 Å². The lowest BCUT2D eigenvalue weighted by Gasteiger charge is -2.21. The van der Waals surface area contributed by atoms with Gasteiger partial charge in [-0.1, -0.05) is 62.4 Å². The average Bonchev–Trinajstić information content (AvgIpc) is 2.65. The van der Waals surface area contributed by atoms with Crippen molar-refractivity contribution in [2.45, 2.75) is 26.3 Å². The van der Waals surface area contributed by atoms with Crippen LogP contribution in [0.3, 0.4) is 0 Å². The molecule has 138 valence electrons. The van der Waals surface area contributed by atoms with E-state index in [9.17, 15) is 9.59 Å². The Morgan fingerprint density at radius 1 is 0.923 bits per heavy atom. The number of hydrogen-bond donors (Lipinski definition) is 1. The van der Waals surface area contributed by atoms with Crippen molar-refractivity contribution < 1.29 is 19.1 Å². The Balaban J connectivity index is 1.79. The largest absolute Gasteiger partial charge is 0.482 e. The number of carbonyl (C=O) groups is 2. The fourth-order valence-electron chi connectivity index (χ4n) is 2.52. The molecule has 2 rings (SSSR count). The van der Waals surface area contributed by atoms with Crippen LogP contribution in [0.5, 0.6) is 5.75 Å². The fourth-order valence-corrected chi connectivity index (χ4v) is 2.52. The van der Waals surface area contributed by atoms with Gasteiger partial charge in [-0.2, -0.15) is 0 Å². The Kier molecular flexibility index (Phi) is 7.68. The molecule has 0 spiro atoms. The minimum atomic E-state index is -0.580. The Hall–Kier alpha value is -2.82. The number of ether oxygens (including phenoxy) is 2. The van der Waals surface area contributed by atoms with Crippen LogP contribution < -0.4 is 10.1 Å². The van der Waals surface area contributed by atoms with Gasteiger partial charge >= 0.3 is 5.97 Å². The normalized spacial score (nSPS) is 11.7. The molecule has 0 aliphatic rings. The molecule has 0 aliphatic carbocycles. The molecular formula is C21H25NO4. The van der Waals surface area contributed by atoms with Gasteiger partial charge in [0.05, 0.1) is 6.04 Å². The van der Waals surface area contributed by atoms with E-state index >= 15 is 0 Å². The number of amides is 1. The van der Waals surface area contributed by atoms with E-state index in [1.807, 2.05) is 48.5 Å². The minimum Gasteiger partial charge on any atom is -0.482 e. The molecule has 0 radical (unpaired) electrons. The molecule has 0 bridgehead atoms. The first-order valence-electron chi connectivity index (χ1n) is 8.72. The molecule has 0 fully saturated rings. The van der Waals surface area contributed by atoms with Crippen LogP contribution in [-0.2, 0) is 14.3 Å². The summed E-state index contributed by atoms with van der Waals surface area (Å²) in [4.78, 5) is 23.9. The second-order valence-corrected chi connectivity index (χ2v) is 6.42. The molecule has 5 nitrogen and oxygen atoms in total. The summed E-state index contributed by atoms with van der Waals surface area (Å²) in [5.41, 5.74) is 1.04. The number of esters is 1. The zero-order valence-corrected chi connectivity index (χ0v) is 15.2. The van der Waals surface area contributed by atoms with Crippen LogP contribution in [0, 0.1) is 5.92 Å². The smallest absolute Gasteiger partial charge is 0.344 e. The Bertz CT molecular complexity index is 686. The predicted molar refractivity (Wildman–Crippen MR) is 99.7 cm³/mol. The maximum Gasteiger partial charge on any atom is 0.344 e. The monoisotopic (exact) mass is 355 g/mol. The number of carbonyl (C=O) groups excluding carboxylic acids is 2. The molecule has 0 heterocycles. The average molecular weight is 355 g/mol. The maximum atomic E-state index is 12.2. The quantitative estimate of drug-likeness (QED) is 0.699. The fraction of sp³-hybridized carbons (Fsp3) is 0.333. The summed E-state index contributed by atoms with van der Waals surface area (Å²) < 4.78 is 10.3. The summed E-state index contributed by atoms with van der Waals surface area (Å²) in [5.74, 6) is 0.0917. The van der Waals surface area contributed by atoms with E-state index in [-0.39, 0.29) is 25.2 Å². The summed E-state index contributed by atoms with van der Waals surface area (Å²) in [6, 6.07) is 18.6. The Morgan fingerprint density at radius 2 is 1.54 bits per heavy atom. The number of rotatable bonds is 9.